The zero-order valence-electron chi connectivity index (χ0n) is 14.3. The second-order valence-electron chi connectivity index (χ2n) is 6.14. The number of anilines is 1. The van der Waals surface area contributed by atoms with Gasteiger partial charge in [-0.05, 0) is 38.9 Å². The van der Waals surface area contributed by atoms with E-state index in [-0.39, 0.29) is 6.04 Å². The molecular formula is C18H20N6S. The topological polar surface area (TPSA) is 75.6 Å². The van der Waals surface area contributed by atoms with Crippen LogP contribution in [0.15, 0.2) is 29.9 Å². The lowest BCUT2D eigenvalue weighted by atomic mass is 10.1. The third-order valence-corrected chi connectivity index (χ3v) is 5.10. The highest BCUT2D eigenvalue weighted by Gasteiger charge is 2.20. The summed E-state index contributed by atoms with van der Waals surface area (Å²) >= 11 is 1.67. The van der Waals surface area contributed by atoms with Gasteiger partial charge in [0.05, 0.1) is 22.4 Å². The molecule has 1 atom stereocenters. The summed E-state index contributed by atoms with van der Waals surface area (Å²) in [5.74, 6) is 1.64. The second kappa shape index (κ2) is 6.85. The highest BCUT2D eigenvalue weighted by Crippen LogP contribution is 2.28. The minimum atomic E-state index is 0.101. The summed E-state index contributed by atoms with van der Waals surface area (Å²) in [6.07, 6.45) is 4.46. The van der Waals surface area contributed by atoms with Gasteiger partial charge in [-0.3, -0.25) is 4.98 Å². The van der Waals surface area contributed by atoms with Crippen LogP contribution in [0.5, 0.6) is 0 Å². The molecule has 3 aromatic rings. The number of hydrogen-bond donors (Lipinski definition) is 2. The van der Waals surface area contributed by atoms with Gasteiger partial charge in [0.2, 0.25) is 0 Å². The van der Waals surface area contributed by atoms with E-state index < -0.39 is 0 Å². The van der Waals surface area contributed by atoms with E-state index in [2.05, 4.69) is 32.9 Å². The van der Waals surface area contributed by atoms with Crippen molar-refractivity contribution in [2.75, 3.05) is 11.9 Å². The van der Waals surface area contributed by atoms with Crippen LogP contribution in [0.1, 0.15) is 34.9 Å². The molecule has 0 amide bonds. The van der Waals surface area contributed by atoms with Crippen molar-refractivity contribution in [2.24, 2.45) is 0 Å². The van der Waals surface area contributed by atoms with Crippen molar-refractivity contribution in [1.29, 1.82) is 0 Å². The Kier molecular flexibility index (Phi) is 4.42. The van der Waals surface area contributed by atoms with Crippen LogP contribution in [0.2, 0.25) is 0 Å². The number of aromatic nitrogens is 4. The Morgan fingerprint density at radius 3 is 2.80 bits per heavy atom. The van der Waals surface area contributed by atoms with Crippen molar-refractivity contribution >= 4 is 17.2 Å². The molecule has 128 valence electrons. The lowest BCUT2D eigenvalue weighted by Gasteiger charge is -2.22. The first-order valence-electron chi connectivity index (χ1n) is 8.40. The SMILES string of the molecule is Cc1nc([C@H](C)Nc2nc(-c3ccncc3)nc3c2CCNC3)cs1. The highest BCUT2D eigenvalue weighted by molar-refractivity contribution is 7.09. The van der Waals surface area contributed by atoms with Gasteiger partial charge in [-0.2, -0.15) is 0 Å². The predicted octanol–water partition coefficient (Wildman–Crippen LogP) is 3.12. The fourth-order valence-electron chi connectivity index (χ4n) is 2.97. The van der Waals surface area contributed by atoms with Crippen molar-refractivity contribution in [1.82, 2.24) is 25.3 Å². The summed E-state index contributed by atoms with van der Waals surface area (Å²) in [6, 6.07) is 3.98. The Labute approximate surface area is 150 Å². The molecule has 1 aliphatic rings. The van der Waals surface area contributed by atoms with Gasteiger partial charge < -0.3 is 10.6 Å². The van der Waals surface area contributed by atoms with Gasteiger partial charge in [-0.1, -0.05) is 0 Å². The van der Waals surface area contributed by atoms with Crippen molar-refractivity contribution in [3.05, 3.63) is 51.9 Å². The Hall–Kier alpha value is -2.38. The molecule has 0 saturated carbocycles. The molecule has 0 aliphatic carbocycles. The van der Waals surface area contributed by atoms with Gasteiger partial charge in [0.15, 0.2) is 5.82 Å². The van der Waals surface area contributed by atoms with E-state index in [4.69, 9.17) is 9.97 Å². The average molecular weight is 352 g/mol. The molecule has 0 spiro atoms. The van der Waals surface area contributed by atoms with E-state index in [0.29, 0.717) is 0 Å². The molecule has 0 unspecified atom stereocenters. The van der Waals surface area contributed by atoms with Crippen LogP contribution in [-0.4, -0.2) is 26.5 Å². The van der Waals surface area contributed by atoms with Crippen molar-refractivity contribution in [3.8, 4) is 11.4 Å². The third kappa shape index (κ3) is 3.38. The van der Waals surface area contributed by atoms with E-state index in [9.17, 15) is 0 Å². The average Bonchev–Trinajstić information content (AvgIpc) is 3.09. The molecule has 7 heteroatoms. The zero-order valence-corrected chi connectivity index (χ0v) is 15.1. The summed E-state index contributed by atoms with van der Waals surface area (Å²) in [6.45, 7) is 5.87. The lowest BCUT2D eigenvalue weighted by Crippen LogP contribution is -2.27. The molecule has 6 nitrogen and oxygen atoms in total. The molecule has 2 N–H and O–H groups in total. The minimum absolute atomic E-state index is 0.101. The van der Waals surface area contributed by atoms with Crippen LogP contribution in [0, 0.1) is 6.92 Å². The zero-order chi connectivity index (χ0) is 17.2. The quantitative estimate of drug-likeness (QED) is 0.751. The molecule has 1 aliphatic heterocycles. The standard InChI is InChI=1S/C18H20N6S/c1-11(16-10-25-12(2)22-16)21-18-14-5-8-20-9-15(14)23-17(24-18)13-3-6-19-7-4-13/h3-4,6-7,10-11,20H,5,8-9H2,1-2H3,(H,21,23,24)/t11-/m0/s1. The van der Waals surface area contributed by atoms with Gasteiger partial charge in [0, 0.05) is 35.4 Å². The van der Waals surface area contributed by atoms with Gasteiger partial charge in [-0.25, -0.2) is 15.0 Å². The van der Waals surface area contributed by atoms with Gasteiger partial charge in [0.25, 0.3) is 0 Å². The smallest absolute Gasteiger partial charge is 0.161 e. The summed E-state index contributed by atoms with van der Waals surface area (Å²) < 4.78 is 0. The second-order valence-corrected chi connectivity index (χ2v) is 7.20. The molecule has 4 rings (SSSR count). The van der Waals surface area contributed by atoms with Crippen molar-refractivity contribution in [3.63, 3.8) is 0 Å². The minimum Gasteiger partial charge on any atom is -0.362 e. The molecular weight excluding hydrogens is 332 g/mol. The maximum absolute atomic E-state index is 4.83. The first kappa shape index (κ1) is 16.1. The molecule has 3 aromatic heterocycles. The molecule has 0 aromatic carbocycles. The predicted molar refractivity (Wildman–Crippen MR) is 99.6 cm³/mol. The Morgan fingerprint density at radius 1 is 1.20 bits per heavy atom. The number of nitrogens with zero attached hydrogens (tertiary/aromatic N) is 4. The number of rotatable bonds is 4. The normalized spacial score (nSPS) is 14.8. The lowest BCUT2D eigenvalue weighted by molar-refractivity contribution is 0.623. The fourth-order valence-corrected chi connectivity index (χ4v) is 3.67. The number of fused-ring (bicyclic) bond motifs is 1. The summed E-state index contributed by atoms with van der Waals surface area (Å²) in [5, 5.41) is 10.1. The van der Waals surface area contributed by atoms with Crippen molar-refractivity contribution < 1.29 is 0 Å². The maximum Gasteiger partial charge on any atom is 0.161 e. The van der Waals surface area contributed by atoms with Crippen LogP contribution in [0.25, 0.3) is 11.4 Å². The fraction of sp³-hybridized carbons (Fsp3) is 0.333. The van der Waals surface area contributed by atoms with E-state index >= 15 is 0 Å². The molecule has 4 heterocycles. The molecule has 0 fully saturated rings. The van der Waals surface area contributed by atoms with Gasteiger partial charge in [0.1, 0.15) is 5.82 Å². The van der Waals surface area contributed by atoms with Crippen LogP contribution >= 0.6 is 11.3 Å². The Bertz CT molecular complexity index is 877. The largest absolute Gasteiger partial charge is 0.362 e. The molecule has 25 heavy (non-hydrogen) atoms. The van der Waals surface area contributed by atoms with Gasteiger partial charge >= 0.3 is 0 Å². The highest BCUT2D eigenvalue weighted by atomic mass is 32.1. The molecule has 0 bridgehead atoms. The first-order chi connectivity index (χ1) is 12.2. The molecule has 0 radical (unpaired) electrons. The van der Waals surface area contributed by atoms with E-state index in [1.165, 1.54) is 5.56 Å². The monoisotopic (exact) mass is 352 g/mol. The van der Waals surface area contributed by atoms with E-state index in [1.807, 2.05) is 19.1 Å². The van der Waals surface area contributed by atoms with Crippen LogP contribution < -0.4 is 10.6 Å². The van der Waals surface area contributed by atoms with Crippen LogP contribution in [-0.2, 0) is 13.0 Å². The number of thiazole rings is 1. The van der Waals surface area contributed by atoms with E-state index in [0.717, 1.165) is 53.1 Å². The number of aryl methyl sites for hydroxylation is 1. The Balaban J connectivity index is 1.72. The number of pyridine rings is 1. The van der Waals surface area contributed by atoms with E-state index in [1.54, 1.807) is 23.7 Å². The summed E-state index contributed by atoms with van der Waals surface area (Å²) in [7, 11) is 0. The van der Waals surface area contributed by atoms with Crippen molar-refractivity contribution in [2.45, 2.75) is 32.9 Å². The number of nitrogens with one attached hydrogen (secondary N) is 2. The maximum atomic E-state index is 4.83. The van der Waals surface area contributed by atoms with Crippen LogP contribution in [0.4, 0.5) is 5.82 Å². The summed E-state index contributed by atoms with van der Waals surface area (Å²) in [5.41, 5.74) is 4.30. The third-order valence-electron chi connectivity index (χ3n) is 4.31. The summed E-state index contributed by atoms with van der Waals surface area (Å²) in [4.78, 5) is 18.3. The molecule has 0 saturated heterocycles. The Morgan fingerprint density at radius 2 is 2.04 bits per heavy atom. The van der Waals surface area contributed by atoms with Crippen LogP contribution in [0.3, 0.4) is 0 Å². The first-order valence-corrected chi connectivity index (χ1v) is 9.28. The van der Waals surface area contributed by atoms with Gasteiger partial charge in [-0.15, -0.1) is 11.3 Å². The number of hydrogen-bond acceptors (Lipinski definition) is 7.